The van der Waals surface area contributed by atoms with Crippen molar-refractivity contribution < 1.29 is 32.2 Å². The van der Waals surface area contributed by atoms with E-state index in [1.807, 2.05) is 25.1 Å². The SMILES string of the molecule is CC[C@@H]1CC/C=C\[C@H](O[C@H](C)C(=O)OC)[C@@H]2CC[C@H]2CN2C[C@@]3(CCCc4cc(Cl)ccc43)COc3ccc(cc32)C(=O)NS1(=O)=O. The van der Waals surface area contributed by atoms with Gasteiger partial charge in [0.15, 0.2) is 6.10 Å². The zero-order valence-electron chi connectivity index (χ0n) is 27.4. The number of amides is 1. The number of fused-ring (bicyclic) bond motifs is 4. The molecule has 6 atom stereocenters. The van der Waals surface area contributed by atoms with Crippen molar-refractivity contribution in [2.45, 2.75) is 88.1 Å². The third-order valence-electron chi connectivity index (χ3n) is 10.7. The van der Waals surface area contributed by atoms with Gasteiger partial charge >= 0.3 is 5.97 Å². The average molecular weight is 685 g/mol. The first-order valence-electron chi connectivity index (χ1n) is 16.8. The Morgan fingerprint density at radius 2 is 2.02 bits per heavy atom. The van der Waals surface area contributed by atoms with Crippen LogP contribution in [-0.2, 0) is 36.1 Å². The number of nitrogens with zero attached hydrogens (tertiary/aromatic N) is 1. The maximum absolute atomic E-state index is 13.5. The van der Waals surface area contributed by atoms with Crippen LogP contribution in [0.4, 0.5) is 5.69 Å². The largest absolute Gasteiger partial charge is 0.490 e. The molecule has 1 saturated carbocycles. The lowest BCUT2D eigenvalue weighted by molar-refractivity contribution is -0.158. The fourth-order valence-electron chi connectivity index (χ4n) is 7.90. The second-order valence-electron chi connectivity index (χ2n) is 13.6. The Hall–Kier alpha value is -3.08. The van der Waals surface area contributed by atoms with Gasteiger partial charge in [-0.25, -0.2) is 17.9 Å². The number of rotatable bonds is 4. The lowest BCUT2D eigenvalue weighted by atomic mass is 9.68. The van der Waals surface area contributed by atoms with Crippen molar-refractivity contribution in [3.8, 4) is 5.75 Å². The van der Waals surface area contributed by atoms with Crippen LogP contribution in [0.25, 0.3) is 0 Å². The number of halogens is 1. The van der Waals surface area contributed by atoms with E-state index >= 15 is 0 Å². The molecule has 9 nitrogen and oxygen atoms in total. The topological polar surface area (TPSA) is 111 Å². The van der Waals surface area contributed by atoms with Crippen molar-refractivity contribution in [1.29, 1.82) is 0 Å². The molecule has 2 bridgehead atoms. The van der Waals surface area contributed by atoms with E-state index in [9.17, 15) is 18.0 Å². The third-order valence-corrected chi connectivity index (χ3v) is 12.8. The molecule has 1 spiro atoms. The van der Waals surface area contributed by atoms with Crippen molar-refractivity contribution in [3.05, 3.63) is 70.3 Å². The van der Waals surface area contributed by atoms with E-state index in [4.69, 9.17) is 25.8 Å². The minimum absolute atomic E-state index is 0.143. The first-order chi connectivity index (χ1) is 22.5. The summed E-state index contributed by atoms with van der Waals surface area (Å²) in [5, 5.41) is -0.0219. The first-order valence-corrected chi connectivity index (χ1v) is 18.7. The monoisotopic (exact) mass is 684 g/mol. The third kappa shape index (κ3) is 6.92. The number of esters is 1. The van der Waals surface area contributed by atoms with Crippen molar-refractivity contribution >= 4 is 39.2 Å². The summed E-state index contributed by atoms with van der Waals surface area (Å²) in [5.74, 6) is -0.0159. The van der Waals surface area contributed by atoms with Crippen LogP contribution < -0.4 is 14.4 Å². The highest BCUT2D eigenvalue weighted by molar-refractivity contribution is 7.90. The van der Waals surface area contributed by atoms with Gasteiger partial charge in [0.05, 0.1) is 30.8 Å². The number of benzene rings is 2. The highest BCUT2D eigenvalue weighted by Crippen LogP contribution is 2.47. The molecular formula is C36H45ClN2O7S. The Morgan fingerprint density at radius 1 is 1.19 bits per heavy atom. The summed E-state index contributed by atoms with van der Waals surface area (Å²) in [6, 6.07) is 11.4. The molecule has 0 aromatic heterocycles. The normalized spacial score (nSPS) is 30.0. The fraction of sp³-hybridized carbons (Fsp3) is 0.556. The molecule has 1 amide bonds. The number of aryl methyl sites for hydroxylation is 1. The summed E-state index contributed by atoms with van der Waals surface area (Å²) < 4.78 is 47.0. The summed E-state index contributed by atoms with van der Waals surface area (Å²) in [6.45, 7) is 5.34. The molecule has 0 radical (unpaired) electrons. The van der Waals surface area contributed by atoms with Crippen molar-refractivity contribution in [3.63, 3.8) is 0 Å². The van der Waals surface area contributed by atoms with Gasteiger partial charge in [0.1, 0.15) is 5.75 Å². The second kappa shape index (κ2) is 13.8. The standard InChI is InChI=1S/C36H45ClN2O7S/c1-4-28-9-5-6-10-32(46-23(2)35(41)44-3)29-14-11-26(29)20-39-21-36(17-7-8-24-18-27(37)13-15-30(24)36)22-45-33-16-12-25(19-31(33)39)34(40)38-47(28,42)43/h6,10,12-13,15-16,18-19,23,26,28-29,32H,4-5,7-9,11,14,17,20-22H2,1-3H3,(H,38,40)/b10-6-/t23-,26+,28-,29-,32+,36+/m1/s1. The van der Waals surface area contributed by atoms with Crippen LogP contribution in [0.2, 0.25) is 5.02 Å². The zero-order chi connectivity index (χ0) is 33.3. The van der Waals surface area contributed by atoms with Gasteiger partial charge < -0.3 is 19.1 Å². The molecule has 1 fully saturated rings. The Morgan fingerprint density at radius 3 is 2.77 bits per heavy atom. The van der Waals surface area contributed by atoms with Crippen molar-refractivity contribution in [2.75, 3.05) is 31.7 Å². The molecule has 2 aromatic rings. The number of carbonyl (C=O) groups is 2. The summed E-state index contributed by atoms with van der Waals surface area (Å²) in [7, 11) is -2.58. The number of carbonyl (C=O) groups excluding carboxylic acids is 2. The van der Waals surface area contributed by atoms with Gasteiger partial charge in [-0.1, -0.05) is 36.7 Å². The minimum Gasteiger partial charge on any atom is -0.490 e. The Bertz CT molecular complexity index is 1650. The van der Waals surface area contributed by atoms with Crippen molar-refractivity contribution in [2.24, 2.45) is 11.8 Å². The Labute approximate surface area is 283 Å². The van der Waals surface area contributed by atoms with Crippen LogP contribution in [0.1, 0.15) is 80.3 Å². The van der Waals surface area contributed by atoms with E-state index in [0.29, 0.717) is 44.7 Å². The second-order valence-corrected chi connectivity index (χ2v) is 16.0. The van der Waals surface area contributed by atoms with E-state index in [2.05, 4.69) is 21.8 Å². The van der Waals surface area contributed by atoms with E-state index in [-0.39, 0.29) is 28.9 Å². The van der Waals surface area contributed by atoms with Crippen LogP contribution in [0.5, 0.6) is 5.75 Å². The van der Waals surface area contributed by atoms with E-state index < -0.39 is 33.3 Å². The van der Waals surface area contributed by atoms with Crippen molar-refractivity contribution in [1.82, 2.24) is 4.72 Å². The summed E-state index contributed by atoms with van der Waals surface area (Å²) in [5.41, 5.74) is 3.22. The smallest absolute Gasteiger partial charge is 0.334 e. The zero-order valence-corrected chi connectivity index (χ0v) is 28.9. The molecular weight excluding hydrogens is 640 g/mol. The van der Waals surface area contributed by atoms with Gasteiger partial charge in [-0.2, -0.15) is 0 Å². The molecule has 11 heteroatoms. The summed E-state index contributed by atoms with van der Waals surface area (Å²) in [6.07, 6.45) is 8.89. The predicted molar refractivity (Wildman–Crippen MR) is 182 cm³/mol. The number of hydrogen-bond donors (Lipinski definition) is 1. The van der Waals surface area contributed by atoms with Gasteiger partial charge in [0.2, 0.25) is 10.0 Å². The molecule has 2 heterocycles. The number of nitrogens with one attached hydrogen (secondary N) is 1. The molecule has 47 heavy (non-hydrogen) atoms. The minimum atomic E-state index is -3.94. The molecule has 254 valence electrons. The number of allylic oxidation sites excluding steroid dienone is 1. The molecule has 4 aliphatic rings. The number of hydrogen-bond acceptors (Lipinski definition) is 8. The van der Waals surface area contributed by atoms with Gasteiger partial charge in [-0.15, -0.1) is 0 Å². The van der Waals surface area contributed by atoms with Crippen LogP contribution in [0.3, 0.4) is 0 Å². The molecule has 2 aliphatic heterocycles. The Balaban J connectivity index is 1.42. The van der Waals surface area contributed by atoms with Crippen LogP contribution in [0.15, 0.2) is 48.6 Å². The van der Waals surface area contributed by atoms with Crippen LogP contribution in [-0.4, -0.2) is 64.6 Å². The fourth-order valence-corrected chi connectivity index (χ4v) is 9.52. The average Bonchev–Trinajstić information content (AvgIpc) is 3.18. The summed E-state index contributed by atoms with van der Waals surface area (Å²) >= 11 is 6.43. The van der Waals surface area contributed by atoms with Crippen LogP contribution >= 0.6 is 11.6 Å². The highest BCUT2D eigenvalue weighted by atomic mass is 35.5. The van der Waals surface area contributed by atoms with E-state index in [1.54, 1.807) is 25.1 Å². The van der Waals surface area contributed by atoms with Gasteiger partial charge in [-0.3, -0.25) is 4.79 Å². The maximum Gasteiger partial charge on any atom is 0.334 e. The lowest BCUT2D eigenvalue weighted by Crippen LogP contribution is -2.50. The van der Waals surface area contributed by atoms with Gasteiger partial charge in [-0.05, 0) is 112 Å². The van der Waals surface area contributed by atoms with Gasteiger partial charge in [0, 0.05) is 29.1 Å². The van der Waals surface area contributed by atoms with Gasteiger partial charge in [0.25, 0.3) is 5.91 Å². The number of methoxy groups -OCH3 is 1. The molecule has 1 N–H and O–H groups in total. The summed E-state index contributed by atoms with van der Waals surface area (Å²) in [4.78, 5) is 28.2. The molecule has 2 aliphatic carbocycles. The number of anilines is 1. The lowest BCUT2D eigenvalue weighted by Gasteiger charge is -2.46. The number of sulfonamides is 1. The number of ether oxygens (including phenoxy) is 3. The maximum atomic E-state index is 13.5. The Kier molecular flexibility index (Phi) is 9.93. The molecule has 2 aromatic carbocycles. The quantitative estimate of drug-likeness (QED) is 0.310. The molecule has 0 saturated heterocycles. The van der Waals surface area contributed by atoms with E-state index in [1.165, 1.54) is 18.2 Å². The van der Waals surface area contributed by atoms with Crippen LogP contribution in [0, 0.1) is 11.8 Å². The molecule has 6 rings (SSSR count). The highest BCUT2D eigenvalue weighted by Gasteiger charge is 2.45. The van der Waals surface area contributed by atoms with E-state index in [0.717, 1.165) is 42.8 Å². The predicted octanol–water partition coefficient (Wildman–Crippen LogP) is 5.97. The molecule has 0 unspecified atom stereocenters. The first kappa shape index (κ1) is 33.8.